The highest BCUT2D eigenvalue weighted by Gasteiger charge is 2.19. The Morgan fingerprint density at radius 3 is 2.52 bits per heavy atom. The summed E-state index contributed by atoms with van der Waals surface area (Å²) in [6, 6.07) is 5.06. The van der Waals surface area contributed by atoms with Gasteiger partial charge in [0.25, 0.3) is 0 Å². The Balaban J connectivity index is 2.16. The summed E-state index contributed by atoms with van der Waals surface area (Å²) in [6.07, 6.45) is 2.64. The number of nitrogens with zero attached hydrogens (tertiary/aromatic N) is 1. The SMILES string of the molecule is CC(C)(C)OC(=O)NCc1[nH]c(-c2ccncc2)cc1C(=O)O. The Labute approximate surface area is 133 Å². The number of rotatable bonds is 4. The van der Waals surface area contributed by atoms with Gasteiger partial charge in [0.05, 0.1) is 12.1 Å². The van der Waals surface area contributed by atoms with Crippen LogP contribution >= 0.6 is 0 Å². The van der Waals surface area contributed by atoms with Gasteiger partial charge in [0.1, 0.15) is 5.60 Å². The van der Waals surface area contributed by atoms with Gasteiger partial charge in [-0.2, -0.15) is 0 Å². The van der Waals surface area contributed by atoms with Gasteiger partial charge in [-0.25, -0.2) is 9.59 Å². The van der Waals surface area contributed by atoms with Crippen molar-refractivity contribution >= 4 is 12.1 Å². The van der Waals surface area contributed by atoms with E-state index in [2.05, 4.69) is 15.3 Å². The summed E-state index contributed by atoms with van der Waals surface area (Å²) in [6.45, 7) is 5.30. The molecule has 0 saturated heterocycles. The summed E-state index contributed by atoms with van der Waals surface area (Å²) in [5, 5.41) is 11.8. The smallest absolute Gasteiger partial charge is 0.407 e. The maximum absolute atomic E-state index is 11.7. The van der Waals surface area contributed by atoms with Crippen LogP contribution in [0.1, 0.15) is 36.8 Å². The van der Waals surface area contributed by atoms with E-state index in [1.165, 1.54) is 6.07 Å². The number of H-pyrrole nitrogens is 1. The number of hydrogen-bond donors (Lipinski definition) is 3. The molecule has 0 unspecified atom stereocenters. The van der Waals surface area contributed by atoms with Crippen LogP contribution in [-0.2, 0) is 11.3 Å². The normalized spacial score (nSPS) is 11.1. The van der Waals surface area contributed by atoms with Gasteiger partial charge in [-0.3, -0.25) is 4.98 Å². The summed E-state index contributed by atoms with van der Waals surface area (Å²) in [4.78, 5) is 30.0. The average molecular weight is 317 g/mol. The molecule has 0 atom stereocenters. The Morgan fingerprint density at radius 1 is 1.30 bits per heavy atom. The van der Waals surface area contributed by atoms with Gasteiger partial charge in [0, 0.05) is 29.3 Å². The topological polar surface area (TPSA) is 104 Å². The van der Waals surface area contributed by atoms with E-state index >= 15 is 0 Å². The molecule has 122 valence electrons. The summed E-state index contributed by atoms with van der Waals surface area (Å²) in [7, 11) is 0. The molecule has 0 saturated carbocycles. The minimum Gasteiger partial charge on any atom is -0.478 e. The largest absolute Gasteiger partial charge is 0.478 e. The first-order chi connectivity index (χ1) is 10.8. The lowest BCUT2D eigenvalue weighted by atomic mass is 10.2. The summed E-state index contributed by atoms with van der Waals surface area (Å²) in [5.41, 5.74) is 1.34. The standard InChI is InChI=1S/C16H19N3O4/c1-16(2,3)23-15(22)18-9-13-11(14(20)21)8-12(19-13)10-4-6-17-7-5-10/h4-8,19H,9H2,1-3H3,(H,18,22)(H,20,21). The van der Waals surface area contributed by atoms with Crippen LogP contribution in [-0.4, -0.2) is 32.7 Å². The molecule has 2 rings (SSSR count). The Bertz CT molecular complexity index is 702. The number of carbonyl (C=O) groups excluding carboxylic acids is 1. The highest BCUT2D eigenvalue weighted by atomic mass is 16.6. The molecule has 0 aliphatic carbocycles. The lowest BCUT2D eigenvalue weighted by molar-refractivity contribution is 0.0520. The first kappa shape index (κ1) is 16.5. The number of hydrogen-bond acceptors (Lipinski definition) is 4. The number of nitrogens with one attached hydrogen (secondary N) is 2. The minimum atomic E-state index is -1.07. The lowest BCUT2D eigenvalue weighted by Gasteiger charge is -2.19. The van der Waals surface area contributed by atoms with E-state index in [0.29, 0.717) is 11.4 Å². The third kappa shape index (κ3) is 4.57. The molecule has 0 aliphatic heterocycles. The van der Waals surface area contributed by atoms with Gasteiger partial charge in [-0.15, -0.1) is 0 Å². The van der Waals surface area contributed by atoms with Crippen molar-refractivity contribution in [1.82, 2.24) is 15.3 Å². The van der Waals surface area contributed by atoms with Crippen LogP contribution in [0, 0.1) is 0 Å². The molecule has 0 bridgehead atoms. The quantitative estimate of drug-likeness (QED) is 0.804. The second-order valence-electron chi connectivity index (χ2n) is 5.97. The van der Waals surface area contributed by atoms with Gasteiger partial charge < -0.3 is 20.1 Å². The van der Waals surface area contributed by atoms with Crippen molar-refractivity contribution < 1.29 is 19.4 Å². The van der Waals surface area contributed by atoms with Crippen LogP contribution in [0.5, 0.6) is 0 Å². The van der Waals surface area contributed by atoms with Crippen LogP contribution in [0.3, 0.4) is 0 Å². The van der Waals surface area contributed by atoms with E-state index < -0.39 is 17.7 Å². The Kier molecular flexibility index (Phi) is 4.68. The van der Waals surface area contributed by atoms with E-state index in [1.54, 1.807) is 45.3 Å². The first-order valence-electron chi connectivity index (χ1n) is 7.08. The fourth-order valence-electron chi connectivity index (χ4n) is 1.99. The summed E-state index contributed by atoms with van der Waals surface area (Å²) < 4.78 is 5.13. The molecule has 3 N–H and O–H groups in total. The molecule has 2 aromatic heterocycles. The monoisotopic (exact) mass is 317 g/mol. The molecule has 1 amide bonds. The molecule has 7 nitrogen and oxygen atoms in total. The third-order valence-corrected chi connectivity index (χ3v) is 2.93. The van der Waals surface area contributed by atoms with Crippen molar-refractivity contribution in [2.75, 3.05) is 0 Å². The van der Waals surface area contributed by atoms with Crippen molar-refractivity contribution in [3.63, 3.8) is 0 Å². The number of ether oxygens (including phenoxy) is 1. The third-order valence-electron chi connectivity index (χ3n) is 2.93. The number of alkyl carbamates (subject to hydrolysis) is 1. The summed E-state index contributed by atoms with van der Waals surface area (Å²) in [5.74, 6) is -1.07. The fraction of sp³-hybridized carbons (Fsp3) is 0.312. The van der Waals surface area contributed by atoms with Crippen LogP contribution in [0.25, 0.3) is 11.3 Å². The molecule has 2 aromatic rings. The summed E-state index contributed by atoms with van der Waals surface area (Å²) >= 11 is 0. The molecule has 0 spiro atoms. The molecule has 23 heavy (non-hydrogen) atoms. The molecular weight excluding hydrogens is 298 g/mol. The second-order valence-corrected chi connectivity index (χ2v) is 5.97. The number of amides is 1. The molecule has 7 heteroatoms. The van der Waals surface area contributed by atoms with Crippen molar-refractivity contribution in [2.45, 2.75) is 32.9 Å². The van der Waals surface area contributed by atoms with Gasteiger partial charge in [-0.1, -0.05) is 0 Å². The maximum atomic E-state index is 11.7. The van der Waals surface area contributed by atoms with Crippen LogP contribution in [0.2, 0.25) is 0 Å². The fourth-order valence-corrected chi connectivity index (χ4v) is 1.99. The maximum Gasteiger partial charge on any atom is 0.407 e. The zero-order valence-electron chi connectivity index (χ0n) is 13.2. The van der Waals surface area contributed by atoms with Gasteiger partial charge in [-0.05, 0) is 39.0 Å². The van der Waals surface area contributed by atoms with Crippen molar-refractivity contribution in [1.29, 1.82) is 0 Å². The van der Waals surface area contributed by atoms with E-state index in [9.17, 15) is 14.7 Å². The minimum absolute atomic E-state index is 0.0294. The molecular formula is C16H19N3O4. The highest BCUT2D eigenvalue weighted by molar-refractivity contribution is 5.91. The van der Waals surface area contributed by atoms with E-state index in [-0.39, 0.29) is 12.1 Å². The number of carboxylic acids is 1. The predicted molar refractivity (Wildman–Crippen MR) is 84.1 cm³/mol. The molecule has 0 radical (unpaired) electrons. The van der Waals surface area contributed by atoms with E-state index in [4.69, 9.17) is 4.74 Å². The van der Waals surface area contributed by atoms with Crippen LogP contribution < -0.4 is 5.32 Å². The number of aromatic nitrogens is 2. The lowest BCUT2D eigenvalue weighted by Crippen LogP contribution is -2.32. The van der Waals surface area contributed by atoms with Crippen molar-refractivity contribution in [2.24, 2.45) is 0 Å². The van der Waals surface area contributed by atoms with E-state index in [1.807, 2.05) is 0 Å². The van der Waals surface area contributed by atoms with Crippen molar-refractivity contribution in [3.8, 4) is 11.3 Å². The number of pyridine rings is 1. The van der Waals surface area contributed by atoms with Crippen molar-refractivity contribution in [3.05, 3.63) is 41.9 Å². The van der Waals surface area contributed by atoms with Gasteiger partial charge in [0.15, 0.2) is 0 Å². The number of aromatic carboxylic acids is 1. The number of aromatic amines is 1. The number of carbonyl (C=O) groups is 2. The molecule has 2 heterocycles. The zero-order chi connectivity index (χ0) is 17.0. The highest BCUT2D eigenvalue weighted by Crippen LogP contribution is 2.21. The predicted octanol–water partition coefficient (Wildman–Crippen LogP) is 2.80. The van der Waals surface area contributed by atoms with Crippen LogP contribution in [0.4, 0.5) is 4.79 Å². The average Bonchev–Trinajstić information content (AvgIpc) is 2.89. The van der Waals surface area contributed by atoms with Gasteiger partial charge >= 0.3 is 12.1 Å². The first-order valence-corrected chi connectivity index (χ1v) is 7.08. The van der Waals surface area contributed by atoms with Crippen LogP contribution in [0.15, 0.2) is 30.6 Å². The molecule has 0 aromatic carbocycles. The van der Waals surface area contributed by atoms with Gasteiger partial charge in [0.2, 0.25) is 0 Å². The Morgan fingerprint density at radius 2 is 1.96 bits per heavy atom. The molecule has 0 aliphatic rings. The zero-order valence-corrected chi connectivity index (χ0v) is 13.2. The number of carboxylic acid groups (broad SMARTS) is 1. The van der Waals surface area contributed by atoms with E-state index in [0.717, 1.165) is 5.56 Å². The molecule has 0 fully saturated rings. The Hall–Kier alpha value is -2.83. The second kappa shape index (κ2) is 6.51.